The molecule has 3 N–H and O–H groups in total. The fourth-order valence-corrected chi connectivity index (χ4v) is 5.13. The molecule has 1 aromatic heterocycles. The summed E-state index contributed by atoms with van der Waals surface area (Å²) < 4.78 is 1.35. The van der Waals surface area contributed by atoms with Crippen LogP contribution in [0, 0.1) is 0 Å². The molecule has 2 heterocycles. The van der Waals surface area contributed by atoms with Crippen molar-refractivity contribution in [1.29, 1.82) is 0 Å². The monoisotopic (exact) mass is 479 g/mol. The first kappa shape index (κ1) is 23.7. The van der Waals surface area contributed by atoms with Gasteiger partial charge in [0.2, 0.25) is 5.91 Å². The van der Waals surface area contributed by atoms with Gasteiger partial charge >= 0.3 is 5.69 Å². The van der Waals surface area contributed by atoms with Gasteiger partial charge in [0.1, 0.15) is 5.82 Å². The number of aromatic nitrogens is 2. The zero-order valence-electron chi connectivity index (χ0n) is 19.2. The molecule has 9 heteroatoms. The number of nitrogens with two attached hydrogens (primary N) is 1. The summed E-state index contributed by atoms with van der Waals surface area (Å²) in [4.78, 5) is 46.0. The number of benzene rings is 2. The Morgan fingerprint density at radius 3 is 2.62 bits per heavy atom. The maximum atomic E-state index is 13.7. The van der Waals surface area contributed by atoms with Crippen molar-refractivity contribution in [2.75, 3.05) is 34.4 Å². The van der Waals surface area contributed by atoms with Crippen LogP contribution in [-0.2, 0) is 17.9 Å². The highest BCUT2D eigenvalue weighted by molar-refractivity contribution is 7.99. The third kappa shape index (κ3) is 5.04. The van der Waals surface area contributed by atoms with Gasteiger partial charge in [-0.1, -0.05) is 55.8 Å². The average Bonchev–Trinajstić information content (AvgIpc) is 2.84. The first-order valence-corrected chi connectivity index (χ1v) is 12.4. The molecular formula is C25H29N5O3S. The third-order valence-corrected chi connectivity index (χ3v) is 6.90. The van der Waals surface area contributed by atoms with Crippen LogP contribution in [-0.4, -0.2) is 34.3 Å². The Labute approximate surface area is 202 Å². The van der Waals surface area contributed by atoms with Crippen molar-refractivity contribution < 1.29 is 4.79 Å². The summed E-state index contributed by atoms with van der Waals surface area (Å²) in [6.07, 6.45) is 1.59. The molecule has 8 nitrogen and oxygen atoms in total. The number of para-hydroxylation sites is 1. The Morgan fingerprint density at radius 1 is 1.12 bits per heavy atom. The van der Waals surface area contributed by atoms with E-state index in [4.69, 9.17) is 5.73 Å². The van der Waals surface area contributed by atoms with Crippen molar-refractivity contribution in [3.8, 4) is 0 Å². The Hall–Kier alpha value is -3.46. The van der Waals surface area contributed by atoms with Crippen LogP contribution in [0.1, 0.15) is 25.3 Å². The van der Waals surface area contributed by atoms with Crippen LogP contribution < -0.4 is 26.8 Å². The van der Waals surface area contributed by atoms with Gasteiger partial charge in [0.25, 0.3) is 5.56 Å². The zero-order valence-corrected chi connectivity index (χ0v) is 20.0. The highest BCUT2D eigenvalue weighted by Gasteiger charge is 2.27. The van der Waals surface area contributed by atoms with E-state index in [1.807, 2.05) is 66.4 Å². The van der Waals surface area contributed by atoms with Crippen LogP contribution in [0.2, 0.25) is 0 Å². The minimum atomic E-state index is -0.658. The number of amides is 1. The minimum Gasteiger partial charge on any atom is -0.383 e. The molecule has 0 saturated heterocycles. The smallest absolute Gasteiger partial charge is 0.330 e. The SMILES string of the molecule is CCCCn1c(N)c(N(Cc2ccccc2)C(=O)CN2CCSc3ccccc32)c(=O)[nH]c1=O. The highest BCUT2D eigenvalue weighted by Crippen LogP contribution is 2.34. The van der Waals surface area contributed by atoms with E-state index in [9.17, 15) is 14.4 Å². The molecule has 0 bridgehead atoms. The number of nitrogens with zero attached hydrogens (tertiary/aromatic N) is 3. The predicted octanol–water partition coefficient (Wildman–Crippen LogP) is 3.06. The molecule has 0 atom stereocenters. The standard InChI is InChI=1S/C25H29N5O3S/c1-2-3-13-29-23(26)22(24(32)27-25(29)33)30(16-18-9-5-4-6-10-18)21(31)17-28-14-15-34-20-12-8-7-11-19(20)28/h4-12H,2-3,13-17,26H2,1H3,(H,27,32,33). The molecule has 0 aliphatic carbocycles. The van der Waals surface area contributed by atoms with Crippen molar-refractivity contribution in [3.05, 3.63) is 81.0 Å². The Morgan fingerprint density at radius 2 is 1.85 bits per heavy atom. The number of anilines is 3. The summed E-state index contributed by atoms with van der Waals surface area (Å²) in [5.41, 5.74) is 7.02. The van der Waals surface area contributed by atoms with Gasteiger partial charge in [-0.05, 0) is 24.1 Å². The van der Waals surface area contributed by atoms with E-state index < -0.39 is 11.2 Å². The van der Waals surface area contributed by atoms with E-state index in [0.29, 0.717) is 13.1 Å². The Kier molecular flexibility index (Phi) is 7.42. The van der Waals surface area contributed by atoms with Crippen LogP contribution in [0.25, 0.3) is 0 Å². The number of carbonyl (C=O) groups excluding carboxylic acids is 1. The van der Waals surface area contributed by atoms with Gasteiger partial charge in [0.05, 0.1) is 18.8 Å². The molecule has 1 aliphatic rings. The van der Waals surface area contributed by atoms with Crippen LogP contribution in [0.15, 0.2) is 69.1 Å². The molecule has 1 amide bonds. The molecule has 0 fully saturated rings. The molecule has 4 rings (SSSR count). The van der Waals surface area contributed by atoms with Gasteiger partial charge in [0, 0.05) is 23.7 Å². The number of thioether (sulfide) groups is 1. The van der Waals surface area contributed by atoms with Crippen LogP contribution in [0.5, 0.6) is 0 Å². The second-order valence-corrected chi connectivity index (χ2v) is 9.34. The number of hydrogen-bond acceptors (Lipinski definition) is 6. The number of H-pyrrole nitrogens is 1. The number of aromatic amines is 1. The molecule has 3 aromatic rings. The zero-order chi connectivity index (χ0) is 24.1. The lowest BCUT2D eigenvalue weighted by molar-refractivity contribution is -0.117. The Bertz CT molecular complexity index is 1270. The van der Waals surface area contributed by atoms with E-state index in [1.165, 1.54) is 9.47 Å². The highest BCUT2D eigenvalue weighted by atomic mass is 32.2. The summed E-state index contributed by atoms with van der Waals surface area (Å²) in [6, 6.07) is 17.4. The molecule has 0 spiro atoms. The molecule has 178 valence electrons. The first-order valence-electron chi connectivity index (χ1n) is 11.4. The lowest BCUT2D eigenvalue weighted by Gasteiger charge is -2.32. The van der Waals surface area contributed by atoms with Gasteiger partial charge in [-0.25, -0.2) is 4.79 Å². The van der Waals surface area contributed by atoms with Crippen molar-refractivity contribution in [1.82, 2.24) is 9.55 Å². The molecule has 2 aromatic carbocycles. The van der Waals surface area contributed by atoms with Gasteiger partial charge in [0.15, 0.2) is 5.69 Å². The summed E-state index contributed by atoms with van der Waals surface area (Å²) >= 11 is 1.76. The van der Waals surface area contributed by atoms with Crippen LogP contribution in [0.3, 0.4) is 0 Å². The quantitative estimate of drug-likeness (QED) is 0.515. The predicted molar refractivity (Wildman–Crippen MR) is 138 cm³/mol. The number of nitrogen functional groups attached to an aromatic ring is 1. The molecule has 0 saturated carbocycles. The number of unbranched alkanes of at least 4 members (excludes halogenated alkanes) is 1. The van der Waals surface area contributed by atoms with E-state index in [-0.39, 0.29) is 30.5 Å². The summed E-state index contributed by atoms with van der Waals surface area (Å²) in [7, 11) is 0. The summed E-state index contributed by atoms with van der Waals surface area (Å²) in [5.74, 6) is 0.623. The first-order chi connectivity index (χ1) is 16.5. The fourth-order valence-electron chi connectivity index (χ4n) is 4.07. The van der Waals surface area contributed by atoms with Gasteiger partial charge < -0.3 is 10.6 Å². The maximum Gasteiger partial charge on any atom is 0.330 e. The number of fused-ring (bicyclic) bond motifs is 1. The fraction of sp³-hybridized carbons (Fsp3) is 0.320. The maximum absolute atomic E-state index is 13.7. The number of nitrogens with one attached hydrogen (secondary N) is 1. The molecule has 0 radical (unpaired) electrons. The minimum absolute atomic E-state index is 0.0149. The topological polar surface area (TPSA) is 104 Å². The average molecular weight is 480 g/mol. The van der Waals surface area contributed by atoms with Gasteiger partial charge in [-0.15, -0.1) is 11.8 Å². The summed E-state index contributed by atoms with van der Waals surface area (Å²) in [5, 5.41) is 0. The van der Waals surface area contributed by atoms with Crippen molar-refractivity contribution in [2.45, 2.75) is 37.8 Å². The number of hydrogen-bond donors (Lipinski definition) is 2. The van der Waals surface area contributed by atoms with Crippen molar-refractivity contribution >= 4 is 34.9 Å². The second-order valence-electron chi connectivity index (χ2n) is 8.20. The van der Waals surface area contributed by atoms with E-state index in [1.54, 1.807) is 11.8 Å². The van der Waals surface area contributed by atoms with E-state index in [0.717, 1.165) is 34.7 Å². The Balaban J connectivity index is 1.73. The second kappa shape index (κ2) is 10.6. The van der Waals surface area contributed by atoms with E-state index in [2.05, 4.69) is 4.98 Å². The number of carbonyl (C=O) groups is 1. The van der Waals surface area contributed by atoms with E-state index >= 15 is 0 Å². The normalized spacial score (nSPS) is 12.9. The largest absolute Gasteiger partial charge is 0.383 e. The lowest BCUT2D eigenvalue weighted by Crippen LogP contribution is -2.46. The lowest BCUT2D eigenvalue weighted by atomic mass is 10.2. The summed E-state index contributed by atoms with van der Waals surface area (Å²) in [6.45, 7) is 3.36. The molecule has 34 heavy (non-hydrogen) atoms. The van der Waals surface area contributed by atoms with Gasteiger partial charge in [-0.3, -0.25) is 24.0 Å². The molecule has 1 aliphatic heterocycles. The van der Waals surface area contributed by atoms with Gasteiger partial charge in [-0.2, -0.15) is 0 Å². The third-order valence-electron chi connectivity index (χ3n) is 5.85. The molecular weight excluding hydrogens is 450 g/mol. The van der Waals surface area contributed by atoms with Crippen LogP contribution in [0.4, 0.5) is 17.2 Å². The van der Waals surface area contributed by atoms with Crippen molar-refractivity contribution in [2.24, 2.45) is 0 Å². The van der Waals surface area contributed by atoms with Crippen LogP contribution >= 0.6 is 11.8 Å². The number of rotatable bonds is 8. The molecule has 0 unspecified atom stereocenters. The van der Waals surface area contributed by atoms with Crippen molar-refractivity contribution in [3.63, 3.8) is 0 Å².